The Labute approximate surface area is 158 Å². The van der Waals surface area contributed by atoms with Gasteiger partial charge in [0.05, 0.1) is 10.8 Å². The fourth-order valence-electron chi connectivity index (χ4n) is 2.90. The van der Waals surface area contributed by atoms with Gasteiger partial charge in [-0.3, -0.25) is 4.79 Å². The van der Waals surface area contributed by atoms with Crippen LogP contribution in [0, 0.1) is 12.8 Å². The number of carbonyl (C=O) groups is 1. The van der Waals surface area contributed by atoms with Gasteiger partial charge in [0.1, 0.15) is 5.82 Å². The molecule has 2 heterocycles. The highest BCUT2D eigenvalue weighted by Gasteiger charge is 2.33. The van der Waals surface area contributed by atoms with Crippen LogP contribution in [0.1, 0.15) is 18.4 Å². The molecule has 1 atom stereocenters. The minimum atomic E-state index is -3.64. The molecule has 1 aromatic carbocycles. The molecule has 1 N–H and O–H groups in total. The first-order chi connectivity index (χ1) is 12.4. The molecule has 0 aliphatic carbocycles. The van der Waals surface area contributed by atoms with Crippen molar-refractivity contribution in [2.75, 3.05) is 18.4 Å². The largest absolute Gasteiger partial charge is 0.310 e. The molecule has 138 valence electrons. The van der Waals surface area contributed by atoms with E-state index in [2.05, 4.69) is 10.3 Å². The molecule has 1 saturated heterocycles. The first-order valence-corrected chi connectivity index (χ1v) is 10.2. The van der Waals surface area contributed by atoms with Crippen LogP contribution in [0.5, 0.6) is 0 Å². The molecule has 0 radical (unpaired) electrons. The molecule has 8 heteroatoms. The van der Waals surface area contributed by atoms with E-state index >= 15 is 0 Å². The molecule has 3 rings (SSSR count). The summed E-state index contributed by atoms with van der Waals surface area (Å²) in [6.07, 6.45) is 2.95. The van der Waals surface area contributed by atoms with Gasteiger partial charge in [0, 0.05) is 24.3 Å². The lowest BCUT2D eigenvalue weighted by molar-refractivity contribution is -0.120. The normalized spacial score (nSPS) is 18.5. The number of nitrogens with zero attached hydrogens (tertiary/aromatic N) is 2. The Balaban J connectivity index is 1.71. The van der Waals surface area contributed by atoms with Crippen LogP contribution in [0.25, 0.3) is 0 Å². The number of carbonyl (C=O) groups excluding carboxylic acids is 1. The van der Waals surface area contributed by atoms with Gasteiger partial charge in [-0.05, 0) is 55.7 Å². The van der Waals surface area contributed by atoms with Gasteiger partial charge in [0.25, 0.3) is 0 Å². The number of benzene rings is 1. The summed E-state index contributed by atoms with van der Waals surface area (Å²) in [7, 11) is -3.64. The molecule has 1 amide bonds. The topological polar surface area (TPSA) is 79.4 Å². The van der Waals surface area contributed by atoms with E-state index in [0.29, 0.717) is 30.2 Å². The molecule has 0 saturated carbocycles. The van der Waals surface area contributed by atoms with E-state index in [1.165, 1.54) is 16.4 Å². The molecule has 1 aliphatic heterocycles. The second-order valence-electron chi connectivity index (χ2n) is 6.37. The number of pyridine rings is 1. The predicted octanol–water partition coefficient (Wildman–Crippen LogP) is 3.08. The maximum absolute atomic E-state index is 12.8. The van der Waals surface area contributed by atoms with E-state index in [1.54, 1.807) is 24.4 Å². The highest BCUT2D eigenvalue weighted by atomic mass is 35.5. The maximum Gasteiger partial charge on any atom is 0.243 e. The second-order valence-corrected chi connectivity index (χ2v) is 8.74. The highest BCUT2D eigenvalue weighted by molar-refractivity contribution is 7.89. The average Bonchev–Trinajstić information content (AvgIpc) is 2.64. The molecule has 1 aromatic heterocycles. The van der Waals surface area contributed by atoms with Gasteiger partial charge in [0.2, 0.25) is 15.9 Å². The van der Waals surface area contributed by atoms with E-state index in [-0.39, 0.29) is 17.3 Å². The van der Waals surface area contributed by atoms with Crippen LogP contribution >= 0.6 is 11.6 Å². The number of hydrogen-bond acceptors (Lipinski definition) is 4. The quantitative estimate of drug-likeness (QED) is 0.865. The van der Waals surface area contributed by atoms with Crippen molar-refractivity contribution in [1.29, 1.82) is 0 Å². The summed E-state index contributed by atoms with van der Waals surface area (Å²) >= 11 is 5.83. The number of nitrogens with one attached hydrogen (secondary N) is 1. The van der Waals surface area contributed by atoms with Gasteiger partial charge in [-0.1, -0.05) is 17.7 Å². The van der Waals surface area contributed by atoms with Gasteiger partial charge in [-0.15, -0.1) is 0 Å². The smallest absolute Gasteiger partial charge is 0.243 e. The fraction of sp³-hybridized carbons (Fsp3) is 0.333. The number of anilines is 1. The molecule has 1 unspecified atom stereocenters. The third kappa shape index (κ3) is 4.23. The molecular weight excluding hydrogens is 374 g/mol. The Morgan fingerprint density at radius 1 is 1.23 bits per heavy atom. The zero-order valence-electron chi connectivity index (χ0n) is 14.4. The molecule has 6 nitrogen and oxygen atoms in total. The van der Waals surface area contributed by atoms with Crippen molar-refractivity contribution >= 4 is 33.3 Å². The van der Waals surface area contributed by atoms with Gasteiger partial charge in [0.15, 0.2) is 0 Å². The molecule has 1 fully saturated rings. The van der Waals surface area contributed by atoms with Crippen molar-refractivity contribution in [3.8, 4) is 0 Å². The van der Waals surface area contributed by atoms with Crippen molar-refractivity contribution in [1.82, 2.24) is 9.29 Å². The average molecular weight is 394 g/mol. The summed E-state index contributed by atoms with van der Waals surface area (Å²) in [6.45, 7) is 2.47. The monoisotopic (exact) mass is 393 g/mol. The van der Waals surface area contributed by atoms with Crippen molar-refractivity contribution in [3.05, 3.63) is 53.2 Å². The Hall–Kier alpha value is -1.96. The first kappa shape index (κ1) is 18.8. The van der Waals surface area contributed by atoms with Crippen LogP contribution in [0.4, 0.5) is 5.82 Å². The van der Waals surface area contributed by atoms with E-state index in [1.807, 2.05) is 13.0 Å². The predicted molar refractivity (Wildman–Crippen MR) is 101 cm³/mol. The fourth-order valence-corrected chi connectivity index (χ4v) is 4.55. The summed E-state index contributed by atoms with van der Waals surface area (Å²) in [5, 5.41) is 3.25. The third-order valence-electron chi connectivity index (χ3n) is 4.37. The van der Waals surface area contributed by atoms with E-state index < -0.39 is 15.9 Å². The maximum atomic E-state index is 12.8. The number of piperidine rings is 1. The van der Waals surface area contributed by atoms with Gasteiger partial charge >= 0.3 is 0 Å². The van der Waals surface area contributed by atoms with Crippen LogP contribution < -0.4 is 5.32 Å². The molecule has 26 heavy (non-hydrogen) atoms. The second kappa shape index (κ2) is 7.73. The highest BCUT2D eigenvalue weighted by Crippen LogP contribution is 2.25. The first-order valence-electron chi connectivity index (χ1n) is 8.35. The molecule has 1 aliphatic rings. The molecule has 2 aromatic rings. The van der Waals surface area contributed by atoms with Crippen LogP contribution in [0.3, 0.4) is 0 Å². The Bertz CT molecular complexity index is 883. The lowest BCUT2D eigenvalue weighted by Crippen LogP contribution is -2.43. The molecule has 0 spiro atoms. The zero-order valence-corrected chi connectivity index (χ0v) is 15.9. The van der Waals surface area contributed by atoms with Crippen molar-refractivity contribution in [2.45, 2.75) is 24.7 Å². The van der Waals surface area contributed by atoms with Gasteiger partial charge in [-0.25, -0.2) is 13.4 Å². The van der Waals surface area contributed by atoms with Crippen LogP contribution in [0.15, 0.2) is 47.5 Å². The summed E-state index contributed by atoms with van der Waals surface area (Å²) in [5.74, 6) is -0.149. The lowest BCUT2D eigenvalue weighted by Gasteiger charge is -2.31. The van der Waals surface area contributed by atoms with Crippen molar-refractivity contribution in [3.63, 3.8) is 0 Å². The van der Waals surface area contributed by atoms with E-state index in [9.17, 15) is 13.2 Å². The Kier molecular flexibility index (Phi) is 5.60. The standard InChI is InChI=1S/C18H20ClN3O3S/c1-13-4-9-17(20-11-13)21-18(23)14-3-2-10-22(12-14)26(24,25)16-7-5-15(19)6-8-16/h4-9,11,14H,2-3,10,12H2,1H3,(H,20,21,23). The Morgan fingerprint density at radius 3 is 2.62 bits per heavy atom. The lowest BCUT2D eigenvalue weighted by atomic mass is 9.99. The summed E-state index contributed by atoms with van der Waals surface area (Å²) in [5.41, 5.74) is 1.00. The third-order valence-corrected chi connectivity index (χ3v) is 6.50. The molecular formula is C18H20ClN3O3S. The summed E-state index contributed by atoms with van der Waals surface area (Å²) in [4.78, 5) is 16.9. The number of hydrogen-bond donors (Lipinski definition) is 1. The molecule has 0 bridgehead atoms. The summed E-state index contributed by atoms with van der Waals surface area (Å²) < 4.78 is 27.0. The SMILES string of the molecule is Cc1ccc(NC(=O)C2CCCN(S(=O)(=O)c3ccc(Cl)cc3)C2)nc1. The number of aryl methyl sites for hydroxylation is 1. The van der Waals surface area contributed by atoms with Crippen LogP contribution in [-0.4, -0.2) is 36.7 Å². The number of rotatable bonds is 4. The Morgan fingerprint density at radius 2 is 1.96 bits per heavy atom. The summed E-state index contributed by atoms with van der Waals surface area (Å²) in [6, 6.07) is 9.66. The van der Waals surface area contributed by atoms with E-state index in [0.717, 1.165) is 5.56 Å². The number of halogens is 1. The van der Waals surface area contributed by atoms with Crippen LogP contribution in [-0.2, 0) is 14.8 Å². The van der Waals surface area contributed by atoms with Crippen molar-refractivity contribution in [2.24, 2.45) is 5.92 Å². The van der Waals surface area contributed by atoms with Gasteiger partial charge < -0.3 is 5.32 Å². The van der Waals surface area contributed by atoms with Crippen LogP contribution in [0.2, 0.25) is 5.02 Å². The number of aromatic nitrogens is 1. The van der Waals surface area contributed by atoms with E-state index in [4.69, 9.17) is 11.6 Å². The minimum absolute atomic E-state index is 0.155. The minimum Gasteiger partial charge on any atom is -0.310 e. The number of sulfonamides is 1. The van der Waals surface area contributed by atoms with Crippen molar-refractivity contribution < 1.29 is 13.2 Å². The van der Waals surface area contributed by atoms with Gasteiger partial charge in [-0.2, -0.15) is 4.31 Å². The number of amides is 1. The zero-order chi connectivity index (χ0) is 18.7.